The van der Waals surface area contributed by atoms with Gasteiger partial charge < -0.3 is 15.5 Å². The van der Waals surface area contributed by atoms with Gasteiger partial charge in [0.05, 0.1) is 6.10 Å². The van der Waals surface area contributed by atoms with Crippen LogP contribution in [0.15, 0.2) is 42.5 Å². The molecule has 0 amide bonds. The van der Waals surface area contributed by atoms with Gasteiger partial charge in [-0.05, 0) is 37.1 Å². The largest absolute Gasteiger partial charge is 0.378 e. The van der Waals surface area contributed by atoms with E-state index in [1.165, 1.54) is 27.4 Å². The first-order valence-electron chi connectivity index (χ1n) is 7.61. The third-order valence-electron chi connectivity index (χ3n) is 4.81. The van der Waals surface area contributed by atoms with Gasteiger partial charge in [-0.25, -0.2) is 0 Å². The van der Waals surface area contributed by atoms with Crippen LogP contribution in [-0.2, 0) is 4.74 Å². The zero-order chi connectivity index (χ0) is 14.4. The Bertz CT molecular complexity index is 792. The van der Waals surface area contributed by atoms with Crippen molar-refractivity contribution in [2.45, 2.75) is 25.5 Å². The van der Waals surface area contributed by atoms with Crippen molar-refractivity contribution in [2.75, 3.05) is 6.61 Å². The maximum absolute atomic E-state index is 6.50. The van der Waals surface area contributed by atoms with Gasteiger partial charge in [-0.15, -0.1) is 0 Å². The van der Waals surface area contributed by atoms with Gasteiger partial charge in [-0.1, -0.05) is 24.3 Å². The van der Waals surface area contributed by atoms with E-state index < -0.39 is 0 Å². The van der Waals surface area contributed by atoms with Gasteiger partial charge in [-0.3, -0.25) is 0 Å². The Kier molecular flexibility index (Phi) is 2.98. The van der Waals surface area contributed by atoms with Gasteiger partial charge >= 0.3 is 0 Å². The Balaban J connectivity index is 1.80. The zero-order valence-electron chi connectivity index (χ0n) is 12.2. The second-order valence-electron chi connectivity index (χ2n) is 6.03. The van der Waals surface area contributed by atoms with Gasteiger partial charge in [0.25, 0.3) is 0 Å². The highest BCUT2D eigenvalue weighted by Gasteiger charge is 2.30. The van der Waals surface area contributed by atoms with E-state index in [9.17, 15) is 0 Å². The van der Waals surface area contributed by atoms with E-state index in [-0.39, 0.29) is 12.1 Å². The fourth-order valence-electron chi connectivity index (χ4n) is 3.54. The normalized spacial score (nSPS) is 23.9. The highest BCUT2D eigenvalue weighted by molar-refractivity contribution is 6.07. The van der Waals surface area contributed by atoms with Crippen molar-refractivity contribution < 1.29 is 4.74 Å². The van der Waals surface area contributed by atoms with Crippen LogP contribution in [0, 0.1) is 5.92 Å². The number of hydrogen-bond donors (Lipinski definition) is 2. The lowest BCUT2D eigenvalue weighted by molar-refractivity contribution is 0.0995. The number of aromatic amines is 1. The number of fused-ring (bicyclic) bond motifs is 3. The molecule has 3 unspecified atom stereocenters. The average Bonchev–Trinajstić information content (AvgIpc) is 3.09. The van der Waals surface area contributed by atoms with Crippen LogP contribution in [0.25, 0.3) is 21.8 Å². The maximum atomic E-state index is 6.50. The minimum Gasteiger partial charge on any atom is -0.378 e. The molecule has 3 heteroatoms. The van der Waals surface area contributed by atoms with Crippen molar-refractivity contribution in [3.8, 4) is 0 Å². The number of benzene rings is 2. The van der Waals surface area contributed by atoms with Crippen LogP contribution >= 0.6 is 0 Å². The van der Waals surface area contributed by atoms with Crippen LogP contribution in [0.3, 0.4) is 0 Å². The predicted molar refractivity (Wildman–Crippen MR) is 86.3 cm³/mol. The number of rotatable bonds is 2. The Morgan fingerprint density at radius 3 is 2.76 bits per heavy atom. The van der Waals surface area contributed by atoms with E-state index in [4.69, 9.17) is 10.5 Å². The molecule has 108 valence electrons. The summed E-state index contributed by atoms with van der Waals surface area (Å²) in [5.74, 6) is 0.410. The van der Waals surface area contributed by atoms with Gasteiger partial charge in [0, 0.05) is 40.4 Å². The summed E-state index contributed by atoms with van der Waals surface area (Å²) >= 11 is 0. The molecule has 3 nitrogen and oxygen atoms in total. The molecule has 3 aromatic rings. The Labute approximate surface area is 124 Å². The number of nitrogens with two attached hydrogens (primary N) is 1. The molecule has 0 spiro atoms. The summed E-state index contributed by atoms with van der Waals surface area (Å²) in [6, 6.07) is 15.0. The molecule has 3 atom stereocenters. The summed E-state index contributed by atoms with van der Waals surface area (Å²) in [5.41, 5.74) is 10.1. The SMILES string of the molecule is CC1OCCC1C(N)c1ccc2[nH]c3ccccc3c2c1. The highest BCUT2D eigenvalue weighted by Crippen LogP contribution is 2.34. The second-order valence-corrected chi connectivity index (χ2v) is 6.03. The van der Waals surface area contributed by atoms with Crippen LogP contribution in [0.2, 0.25) is 0 Å². The molecule has 3 N–H and O–H groups in total. The molecule has 1 aromatic heterocycles. The maximum Gasteiger partial charge on any atom is 0.0594 e. The first-order chi connectivity index (χ1) is 10.2. The fourth-order valence-corrected chi connectivity index (χ4v) is 3.54. The van der Waals surface area contributed by atoms with E-state index in [1.54, 1.807) is 0 Å². The standard InChI is InChI=1S/C18H20N2O/c1-11-13(8-9-21-11)18(19)12-6-7-17-15(10-12)14-4-2-3-5-16(14)20-17/h2-7,10-11,13,18,20H,8-9,19H2,1H3. The van der Waals surface area contributed by atoms with Gasteiger partial charge in [-0.2, -0.15) is 0 Å². The Morgan fingerprint density at radius 2 is 1.95 bits per heavy atom. The Morgan fingerprint density at radius 1 is 1.14 bits per heavy atom. The van der Waals surface area contributed by atoms with Crippen LogP contribution < -0.4 is 5.73 Å². The van der Waals surface area contributed by atoms with Crippen LogP contribution in [0.1, 0.15) is 24.9 Å². The van der Waals surface area contributed by atoms with E-state index in [0.29, 0.717) is 5.92 Å². The summed E-state index contributed by atoms with van der Waals surface area (Å²) in [4.78, 5) is 3.46. The molecule has 4 rings (SSSR count). The average molecular weight is 280 g/mol. The molecule has 1 aliphatic rings. The topological polar surface area (TPSA) is 51.0 Å². The van der Waals surface area contributed by atoms with Crippen molar-refractivity contribution in [3.63, 3.8) is 0 Å². The molecule has 0 radical (unpaired) electrons. The second kappa shape index (κ2) is 4.86. The molecule has 0 aliphatic carbocycles. The van der Waals surface area contributed by atoms with E-state index in [1.807, 2.05) is 0 Å². The zero-order valence-corrected chi connectivity index (χ0v) is 12.2. The van der Waals surface area contributed by atoms with Crippen molar-refractivity contribution in [3.05, 3.63) is 48.0 Å². The quantitative estimate of drug-likeness (QED) is 0.751. The fraction of sp³-hybridized carbons (Fsp3) is 0.333. The first-order valence-corrected chi connectivity index (χ1v) is 7.61. The molecule has 0 saturated carbocycles. The number of para-hydroxylation sites is 1. The summed E-state index contributed by atoms with van der Waals surface area (Å²) in [6.45, 7) is 2.95. The molecule has 1 saturated heterocycles. The summed E-state index contributed by atoms with van der Waals surface area (Å²) in [7, 11) is 0. The number of hydrogen-bond acceptors (Lipinski definition) is 2. The highest BCUT2D eigenvalue weighted by atomic mass is 16.5. The lowest BCUT2D eigenvalue weighted by Crippen LogP contribution is -2.26. The third kappa shape index (κ3) is 2.04. The molecule has 0 bridgehead atoms. The smallest absolute Gasteiger partial charge is 0.0594 e. The number of aromatic nitrogens is 1. The molecule has 2 heterocycles. The van der Waals surface area contributed by atoms with Crippen LogP contribution in [-0.4, -0.2) is 17.7 Å². The minimum atomic E-state index is 0.0422. The summed E-state index contributed by atoms with van der Waals surface area (Å²) in [5, 5.41) is 2.52. The van der Waals surface area contributed by atoms with Crippen molar-refractivity contribution >= 4 is 21.8 Å². The summed E-state index contributed by atoms with van der Waals surface area (Å²) in [6.07, 6.45) is 1.30. The molecule has 21 heavy (non-hydrogen) atoms. The lowest BCUT2D eigenvalue weighted by Gasteiger charge is -2.22. The van der Waals surface area contributed by atoms with Crippen LogP contribution in [0.5, 0.6) is 0 Å². The first kappa shape index (κ1) is 12.9. The number of H-pyrrole nitrogens is 1. The third-order valence-corrected chi connectivity index (χ3v) is 4.81. The van der Waals surface area contributed by atoms with E-state index in [2.05, 4.69) is 54.4 Å². The summed E-state index contributed by atoms with van der Waals surface area (Å²) < 4.78 is 5.66. The van der Waals surface area contributed by atoms with Crippen LogP contribution in [0.4, 0.5) is 0 Å². The monoisotopic (exact) mass is 280 g/mol. The lowest BCUT2D eigenvalue weighted by atomic mass is 9.88. The van der Waals surface area contributed by atoms with Crippen molar-refractivity contribution in [1.82, 2.24) is 4.98 Å². The Hall–Kier alpha value is -1.84. The molecule has 2 aromatic carbocycles. The van der Waals surface area contributed by atoms with Crippen molar-refractivity contribution in [1.29, 1.82) is 0 Å². The van der Waals surface area contributed by atoms with E-state index in [0.717, 1.165) is 13.0 Å². The molecule has 1 fully saturated rings. The van der Waals surface area contributed by atoms with Gasteiger partial charge in [0.1, 0.15) is 0 Å². The predicted octanol–water partition coefficient (Wildman–Crippen LogP) is 3.75. The molecular weight excluding hydrogens is 260 g/mol. The number of nitrogens with one attached hydrogen (secondary N) is 1. The van der Waals surface area contributed by atoms with E-state index >= 15 is 0 Å². The van der Waals surface area contributed by atoms with Crippen molar-refractivity contribution in [2.24, 2.45) is 11.7 Å². The van der Waals surface area contributed by atoms with Gasteiger partial charge in [0.2, 0.25) is 0 Å². The number of ether oxygens (including phenoxy) is 1. The minimum absolute atomic E-state index is 0.0422. The molecule has 1 aliphatic heterocycles. The molecular formula is C18H20N2O. The van der Waals surface area contributed by atoms with Gasteiger partial charge in [0.15, 0.2) is 0 Å².